The maximum absolute atomic E-state index is 12.2. The van der Waals surface area contributed by atoms with Crippen LogP contribution in [0, 0.1) is 13.8 Å². The van der Waals surface area contributed by atoms with E-state index in [1.807, 2.05) is 0 Å². The number of carbonyl (C=O) groups is 1. The fourth-order valence-electron chi connectivity index (χ4n) is 2.48. The predicted molar refractivity (Wildman–Crippen MR) is 90.6 cm³/mol. The first kappa shape index (κ1) is 16.1. The zero-order valence-corrected chi connectivity index (χ0v) is 13.9. The second kappa shape index (κ2) is 6.36. The van der Waals surface area contributed by atoms with Crippen molar-refractivity contribution in [1.29, 1.82) is 0 Å². The number of nitrogens with one attached hydrogen (secondary N) is 2. The molecule has 0 unspecified atom stereocenters. The molecule has 3 aromatic heterocycles. The Kier molecular flexibility index (Phi) is 4.26. The maximum Gasteiger partial charge on any atom is 0.345 e. The third kappa shape index (κ3) is 3.11. The van der Waals surface area contributed by atoms with E-state index < -0.39 is 5.69 Å². The predicted octanol–water partition coefficient (Wildman–Crippen LogP) is 1.03. The van der Waals surface area contributed by atoms with Crippen molar-refractivity contribution in [3.05, 3.63) is 55.6 Å². The third-order valence-corrected chi connectivity index (χ3v) is 4.44. The topological polar surface area (TPSA) is 109 Å². The lowest BCUT2D eigenvalue weighted by atomic mass is 10.1. The van der Waals surface area contributed by atoms with Gasteiger partial charge in [-0.25, -0.2) is 9.78 Å². The van der Waals surface area contributed by atoms with Gasteiger partial charge >= 0.3 is 5.69 Å². The van der Waals surface area contributed by atoms with Crippen LogP contribution in [-0.2, 0) is 11.2 Å². The number of H-pyrrole nitrogens is 1. The number of fused-ring (bicyclic) bond motifs is 1. The van der Waals surface area contributed by atoms with Crippen molar-refractivity contribution in [2.45, 2.75) is 26.7 Å². The van der Waals surface area contributed by atoms with E-state index in [4.69, 9.17) is 0 Å². The zero-order valence-electron chi connectivity index (χ0n) is 13.1. The molecule has 3 rings (SSSR count). The Labute approximate surface area is 140 Å². The average molecular weight is 345 g/mol. The summed E-state index contributed by atoms with van der Waals surface area (Å²) in [5.74, 6) is -0.297. The highest BCUT2D eigenvalue weighted by atomic mass is 32.1. The van der Waals surface area contributed by atoms with Crippen molar-refractivity contribution < 1.29 is 4.79 Å². The molecule has 9 heteroatoms. The SMILES string of the molecule is Cc1nc(=O)[nH]c(C)c1CCC(=O)Nc1cnc2sccn2c1=O. The lowest BCUT2D eigenvalue weighted by Gasteiger charge is -2.08. The maximum atomic E-state index is 12.2. The van der Waals surface area contributed by atoms with Crippen LogP contribution < -0.4 is 16.6 Å². The summed E-state index contributed by atoms with van der Waals surface area (Å²) in [5.41, 5.74) is 1.55. The van der Waals surface area contributed by atoms with Crippen molar-refractivity contribution in [2.75, 3.05) is 5.32 Å². The lowest BCUT2D eigenvalue weighted by Crippen LogP contribution is -2.23. The minimum atomic E-state index is -0.402. The highest BCUT2D eigenvalue weighted by molar-refractivity contribution is 7.15. The van der Waals surface area contributed by atoms with Crippen LogP contribution in [0.4, 0.5) is 5.69 Å². The van der Waals surface area contributed by atoms with Gasteiger partial charge in [0.1, 0.15) is 5.69 Å². The Morgan fingerprint density at radius 2 is 2.17 bits per heavy atom. The van der Waals surface area contributed by atoms with Crippen LogP contribution >= 0.6 is 11.3 Å². The van der Waals surface area contributed by atoms with Crippen molar-refractivity contribution in [1.82, 2.24) is 19.4 Å². The zero-order chi connectivity index (χ0) is 17.3. The second-order valence-electron chi connectivity index (χ2n) is 5.31. The molecule has 0 atom stereocenters. The number of aryl methyl sites for hydroxylation is 2. The Balaban J connectivity index is 1.73. The third-order valence-electron chi connectivity index (χ3n) is 3.67. The van der Waals surface area contributed by atoms with Gasteiger partial charge in [0.15, 0.2) is 4.96 Å². The molecule has 0 aromatic carbocycles. The minimum Gasteiger partial charge on any atom is -0.320 e. The number of thiazole rings is 1. The number of aromatic amines is 1. The molecule has 0 aliphatic heterocycles. The number of amides is 1. The number of aromatic nitrogens is 4. The van der Waals surface area contributed by atoms with Crippen LogP contribution in [-0.4, -0.2) is 25.3 Å². The summed E-state index contributed by atoms with van der Waals surface area (Å²) in [6.07, 6.45) is 3.57. The summed E-state index contributed by atoms with van der Waals surface area (Å²) in [6, 6.07) is 0. The van der Waals surface area contributed by atoms with Crippen LogP contribution in [0.1, 0.15) is 23.4 Å². The van der Waals surface area contributed by atoms with Crippen molar-refractivity contribution in [3.8, 4) is 0 Å². The molecule has 0 bridgehead atoms. The Hall–Kier alpha value is -2.81. The van der Waals surface area contributed by atoms with Gasteiger partial charge in [-0.05, 0) is 25.8 Å². The molecule has 0 radical (unpaired) electrons. The molecular formula is C15H15N5O3S. The van der Waals surface area contributed by atoms with Gasteiger partial charge in [-0.3, -0.25) is 14.0 Å². The van der Waals surface area contributed by atoms with Gasteiger partial charge in [0.25, 0.3) is 5.56 Å². The quantitative estimate of drug-likeness (QED) is 0.734. The molecule has 0 aliphatic carbocycles. The Morgan fingerprint density at radius 3 is 2.92 bits per heavy atom. The number of hydrogen-bond donors (Lipinski definition) is 2. The molecular weight excluding hydrogens is 330 g/mol. The van der Waals surface area contributed by atoms with E-state index in [0.29, 0.717) is 22.8 Å². The number of anilines is 1. The first-order chi connectivity index (χ1) is 11.5. The van der Waals surface area contributed by atoms with Gasteiger partial charge in [0.05, 0.1) is 6.20 Å². The molecule has 0 saturated carbocycles. The van der Waals surface area contributed by atoms with Crippen LogP contribution in [0.2, 0.25) is 0 Å². The summed E-state index contributed by atoms with van der Waals surface area (Å²) < 4.78 is 1.39. The number of nitrogens with zero attached hydrogens (tertiary/aromatic N) is 3. The number of rotatable bonds is 4. The first-order valence-corrected chi connectivity index (χ1v) is 8.15. The highest BCUT2D eigenvalue weighted by Gasteiger charge is 2.12. The van der Waals surface area contributed by atoms with E-state index >= 15 is 0 Å². The second-order valence-corrected chi connectivity index (χ2v) is 6.18. The van der Waals surface area contributed by atoms with Crippen molar-refractivity contribution in [3.63, 3.8) is 0 Å². The summed E-state index contributed by atoms with van der Waals surface area (Å²) in [6.45, 7) is 3.50. The van der Waals surface area contributed by atoms with E-state index in [1.54, 1.807) is 25.4 Å². The largest absolute Gasteiger partial charge is 0.345 e. The molecule has 0 aliphatic rings. The summed E-state index contributed by atoms with van der Waals surface area (Å²) in [7, 11) is 0. The van der Waals surface area contributed by atoms with Crippen LogP contribution in [0.3, 0.4) is 0 Å². The van der Waals surface area contributed by atoms with E-state index in [2.05, 4.69) is 20.3 Å². The standard InChI is InChI=1S/C15H15N5O3S/c1-8-10(9(2)18-14(23)17-8)3-4-12(21)19-11-7-16-15-20(13(11)22)5-6-24-15/h5-7H,3-4H2,1-2H3,(H,19,21)(H,17,18,23). The smallest absolute Gasteiger partial charge is 0.320 e. The molecule has 3 heterocycles. The lowest BCUT2D eigenvalue weighted by molar-refractivity contribution is -0.116. The van der Waals surface area contributed by atoms with Crippen LogP contribution in [0.5, 0.6) is 0 Å². The Morgan fingerprint density at radius 1 is 1.38 bits per heavy atom. The summed E-state index contributed by atoms with van der Waals surface area (Å²) in [5, 5.41) is 4.34. The monoisotopic (exact) mass is 345 g/mol. The van der Waals surface area contributed by atoms with Gasteiger partial charge in [-0.15, -0.1) is 11.3 Å². The fraction of sp³-hybridized carbons (Fsp3) is 0.267. The number of carbonyl (C=O) groups excluding carboxylic acids is 1. The average Bonchev–Trinajstić information content (AvgIpc) is 2.98. The van der Waals surface area contributed by atoms with Crippen molar-refractivity contribution >= 4 is 27.9 Å². The molecule has 3 aromatic rings. The molecule has 0 saturated heterocycles. The normalized spacial score (nSPS) is 10.9. The fourth-order valence-corrected chi connectivity index (χ4v) is 3.16. The molecule has 0 spiro atoms. The van der Waals surface area contributed by atoms with Gasteiger partial charge in [0.2, 0.25) is 5.91 Å². The number of hydrogen-bond acceptors (Lipinski definition) is 6. The molecule has 1 amide bonds. The van der Waals surface area contributed by atoms with E-state index in [9.17, 15) is 14.4 Å². The van der Waals surface area contributed by atoms with Crippen molar-refractivity contribution in [2.24, 2.45) is 0 Å². The molecule has 0 fully saturated rings. The van der Waals surface area contributed by atoms with Crippen LogP contribution in [0.15, 0.2) is 27.4 Å². The van der Waals surface area contributed by atoms with E-state index in [1.165, 1.54) is 21.9 Å². The Bertz CT molecular complexity index is 1010. The molecule has 124 valence electrons. The highest BCUT2D eigenvalue weighted by Crippen LogP contribution is 2.11. The summed E-state index contributed by atoms with van der Waals surface area (Å²) in [4.78, 5) is 46.8. The van der Waals surface area contributed by atoms with Gasteiger partial charge in [-0.2, -0.15) is 4.98 Å². The molecule has 24 heavy (non-hydrogen) atoms. The van der Waals surface area contributed by atoms with Crippen LogP contribution in [0.25, 0.3) is 4.96 Å². The van der Waals surface area contributed by atoms with E-state index in [0.717, 1.165) is 5.56 Å². The molecule has 8 nitrogen and oxygen atoms in total. The minimum absolute atomic E-state index is 0.143. The first-order valence-electron chi connectivity index (χ1n) is 7.27. The molecule has 2 N–H and O–H groups in total. The van der Waals surface area contributed by atoms with Gasteiger partial charge in [-0.1, -0.05) is 0 Å². The van der Waals surface area contributed by atoms with Gasteiger partial charge < -0.3 is 10.3 Å². The summed E-state index contributed by atoms with van der Waals surface area (Å²) >= 11 is 1.34. The van der Waals surface area contributed by atoms with Gasteiger partial charge in [0, 0.05) is 29.4 Å². The van der Waals surface area contributed by atoms with E-state index in [-0.39, 0.29) is 23.6 Å².